The highest BCUT2D eigenvalue weighted by molar-refractivity contribution is 6.07. The van der Waals surface area contributed by atoms with E-state index in [2.05, 4.69) is 11.8 Å². The predicted octanol–water partition coefficient (Wildman–Crippen LogP) is 4.62. The van der Waals surface area contributed by atoms with Crippen molar-refractivity contribution in [3.8, 4) is 16.9 Å². The summed E-state index contributed by atoms with van der Waals surface area (Å²) in [4.78, 5) is 23.3. The molecule has 6 nitrogen and oxygen atoms in total. The van der Waals surface area contributed by atoms with Gasteiger partial charge in [0.15, 0.2) is 17.2 Å². The van der Waals surface area contributed by atoms with Crippen LogP contribution in [0.2, 0.25) is 0 Å². The molecule has 158 valence electrons. The van der Waals surface area contributed by atoms with Crippen LogP contribution in [0.4, 0.5) is 5.69 Å². The fourth-order valence-electron chi connectivity index (χ4n) is 5.27. The first-order valence-corrected chi connectivity index (χ1v) is 10.8. The molecule has 0 bridgehead atoms. The van der Waals surface area contributed by atoms with Crippen molar-refractivity contribution in [1.82, 2.24) is 4.90 Å². The Kier molecular flexibility index (Phi) is 4.33. The monoisotopic (exact) mass is 414 g/mol. The Bertz CT molecular complexity index is 1140. The molecule has 0 aromatic heterocycles. The van der Waals surface area contributed by atoms with Crippen molar-refractivity contribution in [2.24, 2.45) is 16.6 Å². The van der Waals surface area contributed by atoms with E-state index in [4.69, 9.17) is 22.0 Å². The number of amides is 1. The van der Waals surface area contributed by atoms with E-state index in [1.54, 1.807) is 13.1 Å². The lowest BCUT2D eigenvalue weighted by atomic mass is 9.68. The van der Waals surface area contributed by atoms with Crippen LogP contribution in [-0.4, -0.2) is 29.4 Å². The molecule has 1 fully saturated rings. The topological polar surface area (TPSA) is 72.3 Å². The number of hydrogen-bond donors (Lipinski definition) is 1. The minimum absolute atomic E-state index is 0.0976. The maximum Gasteiger partial charge on any atom is 0.261 e. The molecule has 2 aromatic carbocycles. The highest BCUT2D eigenvalue weighted by Crippen LogP contribution is 2.54. The number of benzene rings is 2. The number of carbonyl (C=O) groups is 1. The second kappa shape index (κ2) is 6.84. The molecule has 0 saturated heterocycles. The number of aliphatic imine (C=N–C) groups is 1. The van der Waals surface area contributed by atoms with E-state index in [1.165, 1.54) is 4.90 Å². The number of fused-ring (bicyclic) bond motifs is 2. The Labute approximate surface area is 182 Å². The largest absolute Gasteiger partial charge is 0.487 e. The minimum Gasteiger partial charge on any atom is -0.487 e. The number of rotatable bonds is 1. The third kappa shape index (κ3) is 2.99. The first-order valence-electron chi connectivity index (χ1n) is 10.8. The van der Waals surface area contributed by atoms with Crippen LogP contribution < -0.4 is 10.5 Å². The number of carbonyl (C=O) groups excluding carboxylic acids is 1. The smallest absolute Gasteiger partial charge is 0.261 e. The summed E-state index contributed by atoms with van der Waals surface area (Å²) < 4.78 is 6.62. The summed E-state index contributed by atoms with van der Waals surface area (Å²) in [5, 5.41) is 0. The van der Waals surface area contributed by atoms with Crippen molar-refractivity contribution in [2.75, 3.05) is 7.05 Å². The lowest BCUT2D eigenvalue weighted by molar-refractivity contribution is -0.135. The molecule has 1 aliphatic carbocycles. The van der Waals surface area contributed by atoms with E-state index >= 15 is 0 Å². The molecule has 1 unspecified atom stereocenters. The summed E-state index contributed by atoms with van der Waals surface area (Å²) >= 11 is 0. The van der Waals surface area contributed by atoms with E-state index < -0.39 is 11.1 Å². The summed E-state index contributed by atoms with van der Waals surface area (Å²) in [6, 6.07) is 13.4. The van der Waals surface area contributed by atoms with Crippen LogP contribution in [0.25, 0.3) is 16.0 Å². The van der Waals surface area contributed by atoms with Gasteiger partial charge < -0.3 is 10.5 Å². The molecular formula is C25H26N4O2. The number of guanidine groups is 1. The van der Waals surface area contributed by atoms with Crippen LogP contribution in [0.3, 0.4) is 0 Å². The summed E-state index contributed by atoms with van der Waals surface area (Å²) in [7, 11) is 1.68. The molecule has 2 spiro atoms. The van der Waals surface area contributed by atoms with Gasteiger partial charge in [0, 0.05) is 19.0 Å². The van der Waals surface area contributed by atoms with Gasteiger partial charge in [0.1, 0.15) is 11.4 Å². The predicted molar refractivity (Wildman–Crippen MR) is 120 cm³/mol. The first-order chi connectivity index (χ1) is 14.9. The highest BCUT2D eigenvalue weighted by Gasteiger charge is 2.58. The summed E-state index contributed by atoms with van der Waals surface area (Å²) in [5.41, 5.74) is 7.89. The Morgan fingerprint density at radius 3 is 2.61 bits per heavy atom. The zero-order valence-corrected chi connectivity index (χ0v) is 17.9. The Hall–Kier alpha value is -3.33. The van der Waals surface area contributed by atoms with Crippen molar-refractivity contribution >= 4 is 17.6 Å². The average Bonchev–Trinajstić information content (AvgIpc) is 2.99. The quantitative estimate of drug-likeness (QED) is 0.692. The maximum atomic E-state index is 13.5. The molecule has 0 radical (unpaired) electrons. The second-order valence-corrected chi connectivity index (χ2v) is 9.21. The number of likely N-dealkylation sites (N-methyl/N-ethyl adjacent to an activating group) is 1. The van der Waals surface area contributed by atoms with E-state index in [1.807, 2.05) is 36.4 Å². The van der Waals surface area contributed by atoms with Gasteiger partial charge in [-0.2, -0.15) is 0 Å². The van der Waals surface area contributed by atoms with E-state index in [0.717, 1.165) is 42.4 Å². The number of ether oxygens (including phenoxy) is 1. The van der Waals surface area contributed by atoms with Crippen LogP contribution in [0.5, 0.6) is 5.75 Å². The molecule has 1 amide bonds. The summed E-state index contributed by atoms with van der Waals surface area (Å²) in [6.45, 7) is 9.57. The minimum atomic E-state index is -1.06. The Balaban J connectivity index is 1.66. The SMILES string of the molecule is [C-]#[N+]c1cccc(-c2ccc3c(c2)C2(CC4(CCC(C)CC4)O3)N=C(N)N(C)C2=O)c1. The van der Waals surface area contributed by atoms with Crippen LogP contribution in [0, 0.1) is 12.5 Å². The van der Waals surface area contributed by atoms with Crippen LogP contribution in [0.1, 0.15) is 44.6 Å². The van der Waals surface area contributed by atoms with E-state index in [0.29, 0.717) is 23.8 Å². The third-order valence-electron chi connectivity index (χ3n) is 7.13. The van der Waals surface area contributed by atoms with Crippen molar-refractivity contribution in [3.63, 3.8) is 0 Å². The van der Waals surface area contributed by atoms with Gasteiger partial charge in [-0.3, -0.25) is 9.69 Å². The average molecular weight is 415 g/mol. The molecule has 2 heterocycles. The van der Waals surface area contributed by atoms with Gasteiger partial charge in [-0.05, 0) is 60.9 Å². The van der Waals surface area contributed by atoms with Crippen molar-refractivity contribution in [3.05, 3.63) is 59.4 Å². The molecule has 3 aliphatic rings. The third-order valence-corrected chi connectivity index (χ3v) is 7.13. The number of hydrogen-bond acceptors (Lipinski definition) is 4. The van der Waals surface area contributed by atoms with Gasteiger partial charge >= 0.3 is 0 Å². The van der Waals surface area contributed by atoms with E-state index in [-0.39, 0.29) is 11.9 Å². The zero-order chi connectivity index (χ0) is 21.8. The molecule has 1 atom stereocenters. The molecule has 5 rings (SSSR count). The molecular weight excluding hydrogens is 388 g/mol. The summed E-state index contributed by atoms with van der Waals surface area (Å²) in [5.74, 6) is 1.53. The Morgan fingerprint density at radius 1 is 1.19 bits per heavy atom. The van der Waals surface area contributed by atoms with Crippen LogP contribution in [-0.2, 0) is 10.3 Å². The van der Waals surface area contributed by atoms with Gasteiger partial charge in [-0.25, -0.2) is 9.84 Å². The van der Waals surface area contributed by atoms with Gasteiger partial charge in [0.05, 0.1) is 6.57 Å². The van der Waals surface area contributed by atoms with E-state index in [9.17, 15) is 4.79 Å². The highest BCUT2D eigenvalue weighted by atomic mass is 16.5. The molecule has 2 aromatic rings. The fraction of sp³-hybridized carbons (Fsp3) is 0.400. The van der Waals surface area contributed by atoms with Crippen molar-refractivity contribution < 1.29 is 9.53 Å². The normalized spacial score (nSPS) is 29.5. The van der Waals surface area contributed by atoms with Crippen molar-refractivity contribution in [1.29, 1.82) is 0 Å². The van der Waals surface area contributed by atoms with Gasteiger partial charge in [0.2, 0.25) is 0 Å². The van der Waals surface area contributed by atoms with Gasteiger partial charge in [-0.1, -0.05) is 31.2 Å². The first kappa shape index (κ1) is 19.6. The van der Waals surface area contributed by atoms with Crippen LogP contribution in [0.15, 0.2) is 47.5 Å². The van der Waals surface area contributed by atoms with Crippen LogP contribution >= 0.6 is 0 Å². The van der Waals surface area contributed by atoms with Gasteiger partial charge in [-0.15, -0.1) is 0 Å². The fourth-order valence-corrected chi connectivity index (χ4v) is 5.27. The molecule has 2 N–H and O–H groups in total. The molecule has 6 heteroatoms. The number of nitrogens with two attached hydrogens (primary N) is 1. The molecule has 1 saturated carbocycles. The lowest BCUT2D eigenvalue weighted by Crippen LogP contribution is -2.53. The van der Waals surface area contributed by atoms with Gasteiger partial charge in [0.25, 0.3) is 5.91 Å². The zero-order valence-electron chi connectivity index (χ0n) is 17.9. The lowest BCUT2D eigenvalue weighted by Gasteiger charge is -2.48. The molecule has 31 heavy (non-hydrogen) atoms. The Morgan fingerprint density at radius 2 is 1.94 bits per heavy atom. The second-order valence-electron chi connectivity index (χ2n) is 9.21. The summed E-state index contributed by atoms with van der Waals surface area (Å²) in [6.07, 6.45) is 4.49. The molecule has 2 aliphatic heterocycles. The maximum absolute atomic E-state index is 13.5. The standard InChI is InChI=1S/C25H26N4O2/c1-16-9-11-24(12-10-16)15-25(22(30)29(3)23(26)28-25)20-14-18(7-8-21(20)31-24)17-5-4-6-19(13-17)27-2/h4-8,13-14,16H,9-12,15H2,1,3H3,(H2,26,28). The van der Waals surface area contributed by atoms with Crippen molar-refractivity contribution in [2.45, 2.75) is 50.2 Å². The number of nitrogens with zero attached hydrogens (tertiary/aromatic N) is 3.